The number of carbonyl (C=O) groups excluding carboxylic acids is 1. The summed E-state index contributed by atoms with van der Waals surface area (Å²) in [5.74, 6) is 0.148. The first-order valence-electron chi connectivity index (χ1n) is 5.47. The first kappa shape index (κ1) is 13.4. The molecule has 3 nitrogen and oxygen atoms in total. The largest absolute Gasteiger partial charge is 0.356 e. The van der Waals surface area contributed by atoms with Crippen molar-refractivity contribution in [3.63, 3.8) is 0 Å². The van der Waals surface area contributed by atoms with Crippen LogP contribution >= 0.6 is 0 Å². The van der Waals surface area contributed by atoms with Crippen LogP contribution in [-0.2, 0) is 4.79 Å². The average molecular weight is 200 g/mol. The van der Waals surface area contributed by atoms with Crippen LogP contribution in [0.3, 0.4) is 0 Å². The minimum Gasteiger partial charge on any atom is -0.356 e. The highest BCUT2D eigenvalue weighted by atomic mass is 16.1. The maximum absolute atomic E-state index is 11.3. The quantitative estimate of drug-likeness (QED) is 0.641. The number of hydrogen-bond acceptors (Lipinski definition) is 2. The molecule has 0 heterocycles. The van der Waals surface area contributed by atoms with Gasteiger partial charge in [0.15, 0.2) is 0 Å². The second-order valence-electron chi connectivity index (χ2n) is 4.63. The molecule has 0 aliphatic rings. The second kappa shape index (κ2) is 6.82. The average Bonchev–Trinajstić information content (AvgIpc) is 2.02. The van der Waals surface area contributed by atoms with Crippen molar-refractivity contribution in [1.29, 1.82) is 0 Å². The Balaban J connectivity index is 3.36. The predicted octanol–water partition coefficient (Wildman–Crippen LogP) is 1.68. The van der Waals surface area contributed by atoms with Gasteiger partial charge in [-0.3, -0.25) is 4.79 Å². The van der Waals surface area contributed by atoms with Gasteiger partial charge < -0.3 is 10.6 Å². The fourth-order valence-corrected chi connectivity index (χ4v) is 1.04. The van der Waals surface area contributed by atoms with E-state index >= 15 is 0 Å². The second-order valence-corrected chi connectivity index (χ2v) is 4.63. The highest BCUT2D eigenvalue weighted by Gasteiger charge is 2.08. The molecule has 0 rings (SSSR count). The highest BCUT2D eigenvalue weighted by molar-refractivity contribution is 5.75. The number of carbonyl (C=O) groups is 1. The summed E-state index contributed by atoms with van der Waals surface area (Å²) in [7, 11) is 0. The number of nitrogens with one attached hydrogen (secondary N) is 2. The highest BCUT2D eigenvalue weighted by Crippen LogP contribution is 1.97. The molecule has 0 spiro atoms. The van der Waals surface area contributed by atoms with E-state index in [0.29, 0.717) is 6.42 Å². The van der Waals surface area contributed by atoms with Gasteiger partial charge in [0, 0.05) is 25.0 Å². The molecular weight excluding hydrogens is 176 g/mol. The van der Waals surface area contributed by atoms with Gasteiger partial charge in [0.1, 0.15) is 0 Å². The van der Waals surface area contributed by atoms with Crippen LogP contribution in [0.5, 0.6) is 0 Å². The normalized spacial score (nSPS) is 11.4. The summed E-state index contributed by atoms with van der Waals surface area (Å²) in [5, 5.41) is 6.17. The lowest BCUT2D eigenvalue weighted by atomic mass is 10.1. The van der Waals surface area contributed by atoms with Crippen molar-refractivity contribution in [2.24, 2.45) is 0 Å². The van der Waals surface area contributed by atoms with Crippen LogP contribution in [0.2, 0.25) is 0 Å². The van der Waals surface area contributed by atoms with E-state index in [1.54, 1.807) is 0 Å². The Morgan fingerprint density at radius 3 is 2.36 bits per heavy atom. The first-order chi connectivity index (χ1) is 6.45. The Morgan fingerprint density at radius 1 is 1.21 bits per heavy atom. The number of hydrogen-bond donors (Lipinski definition) is 2. The van der Waals surface area contributed by atoms with Gasteiger partial charge in [-0.05, 0) is 27.2 Å². The Hall–Kier alpha value is -0.570. The van der Waals surface area contributed by atoms with Crippen LogP contribution in [-0.4, -0.2) is 24.5 Å². The molecule has 0 aromatic heterocycles. The molecule has 0 fully saturated rings. The molecule has 0 radical (unpaired) electrons. The Morgan fingerprint density at radius 2 is 1.86 bits per heavy atom. The lowest BCUT2D eigenvalue weighted by Crippen LogP contribution is -2.38. The third-order valence-electron chi connectivity index (χ3n) is 1.86. The van der Waals surface area contributed by atoms with Gasteiger partial charge in [-0.15, -0.1) is 0 Å². The van der Waals surface area contributed by atoms with Crippen molar-refractivity contribution in [2.45, 2.75) is 52.5 Å². The van der Waals surface area contributed by atoms with Crippen LogP contribution < -0.4 is 10.6 Å². The van der Waals surface area contributed by atoms with Gasteiger partial charge in [-0.25, -0.2) is 0 Å². The smallest absolute Gasteiger partial charge is 0.221 e. The number of unbranched alkanes of at least 4 members (excludes halogenated alkanes) is 1. The summed E-state index contributed by atoms with van der Waals surface area (Å²) in [6.45, 7) is 9.98. The van der Waals surface area contributed by atoms with E-state index in [0.717, 1.165) is 25.9 Å². The molecule has 2 N–H and O–H groups in total. The van der Waals surface area contributed by atoms with Gasteiger partial charge >= 0.3 is 0 Å². The third kappa shape index (κ3) is 9.52. The van der Waals surface area contributed by atoms with E-state index in [9.17, 15) is 4.79 Å². The zero-order valence-electron chi connectivity index (χ0n) is 9.94. The predicted molar refractivity (Wildman–Crippen MR) is 60.3 cm³/mol. The summed E-state index contributed by atoms with van der Waals surface area (Å²) in [6.07, 6.45) is 2.76. The molecular formula is C11H24N2O. The molecule has 0 atom stereocenters. The van der Waals surface area contributed by atoms with E-state index in [2.05, 4.69) is 38.3 Å². The Kier molecular flexibility index (Phi) is 6.54. The van der Waals surface area contributed by atoms with Crippen molar-refractivity contribution in [3.05, 3.63) is 0 Å². The van der Waals surface area contributed by atoms with Crippen LogP contribution in [0.4, 0.5) is 0 Å². The van der Waals surface area contributed by atoms with Crippen LogP contribution in [0.15, 0.2) is 0 Å². The summed E-state index contributed by atoms with van der Waals surface area (Å²) in [5.41, 5.74) is 0.101. The fourth-order valence-electron chi connectivity index (χ4n) is 1.04. The van der Waals surface area contributed by atoms with Crippen LogP contribution in [0.1, 0.15) is 47.0 Å². The number of amides is 1. The van der Waals surface area contributed by atoms with Crippen molar-refractivity contribution >= 4 is 5.91 Å². The molecule has 0 aromatic carbocycles. The minimum atomic E-state index is 0.101. The molecule has 1 amide bonds. The molecule has 0 saturated carbocycles. The zero-order chi connectivity index (χ0) is 11.0. The molecule has 0 aliphatic heterocycles. The monoisotopic (exact) mass is 200 g/mol. The van der Waals surface area contributed by atoms with Crippen molar-refractivity contribution < 1.29 is 4.79 Å². The Labute approximate surface area is 87.6 Å². The standard InChI is InChI=1S/C11H24N2O/c1-5-6-8-12-10(14)7-9-13-11(2,3)4/h13H,5-9H2,1-4H3,(H,12,14). The van der Waals surface area contributed by atoms with Gasteiger partial charge in [-0.2, -0.15) is 0 Å². The number of rotatable bonds is 6. The topological polar surface area (TPSA) is 41.1 Å². The summed E-state index contributed by atoms with van der Waals surface area (Å²) in [6, 6.07) is 0. The van der Waals surface area contributed by atoms with Gasteiger partial charge in [0.05, 0.1) is 0 Å². The van der Waals surface area contributed by atoms with Gasteiger partial charge in [0.25, 0.3) is 0 Å². The van der Waals surface area contributed by atoms with Crippen molar-refractivity contribution in [1.82, 2.24) is 10.6 Å². The van der Waals surface area contributed by atoms with E-state index in [1.165, 1.54) is 0 Å². The SMILES string of the molecule is CCCCNC(=O)CCNC(C)(C)C. The molecule has 14 heavy (non-hydrogen) atoms. The zero-order valence-corrected chi connectivity index (χ0v) is 9.94. The fraction of sp³-hybridized carbons (Fsp3) is 0.909. The van der Waals surface area contributed by atoms with Crippen LogP contribution in [0, 0.1) is 0 Å². The van der Waals surface area contributed by atoms with Gasteiger partial charge in [-0.1, -0.05) is 13.3 Å². The lowest BCUT2D eigenvalue weighted by Gasteiger charge is -2.20. The van der Waals surface area contributed by atoms with E-state index in [-0.39, 0.29) is 11.4 Å². The molecule has 84 valence electrons. The summed E-state index contributed by atoms with van der Waals surface area (Å²) in [4.78, 5) is 11.3. The van der Waals surface area contributed by atoms with Gasteiger partial charge in [0.2, 0.25) is 5.91 Å². The molecule has 0 unspecified atom stereocenters. The van der Waals surface area contributed by atoms with Crippen LogP contribution in [0.25, 0.3) is 0 Å². The van der Waals surface area contributed by atoms with Crippen molar-refractivity contribution in [3.8, 4) is 0 Å². The lowest BCUT2D eigenvalue weighted by molar-refractivity contribution is -0.121. The maximum Gasteiger partial charge on any atom is 0.221 e. The summed E-state index contributed by atoms with van der Waals surface area (Å²) >= 11 is 0. The van der Waals surface area contributed by atoms with Crippen molar-refractivity contribution in [2.75, 3.05) is 13.1 Å². The Bertz CT molecular complexity index is 161. The van der Waals surface area contributed by atoms with E-state index < -0.39 is 0 Å². The third-order valence-corrected chi connectivity index (χ3v) is 1.86. The molecule has 0 bridgehead atoms. The van der Waals surface area contributed by atoms with E-state index in [1.807, 2.05) is 0 Å². The molecule has 0 saturated heterocycles. The molecule has 3 heteroatoms. The molecule has 0 aliphatic carbocycles. The maximum atomic E-state index is 11.3. The summed E-state index contributed by atoms with van der Waals surface area (Å²) < 4.78 is 0. The minimum absolute atomic E-state index is 0.101. The first-order valence-corrected chi connectivity index (χ1v) is 5.47. The molecule has 0 aromatic rings. The van der Waals surface area contributed by atoms with E-state index in [4.69, 9.17) is 0 Å².